The Bertz CT molecular complexity index is 567. The molecule has 3 N–H and O–H groups in total. The number of carbonyl (C=O) groups excluding carboxylic acids is 1. The number of benzene rings is 1. The van der Waals surface area contributed by atoms with Crippen molar-refractivity contribution < 1.29 is 13.2 Å². The molecule has 5 nitrogen and oxygen atoms in total. The molecule has 0 heterocycles. The minimum Gasteiger partial charge on any atom is -0.349 e. The first-order valence-electron chi connectivity index (χ1n) is 7.06. The number of nitrogens with two attached hydrogens (primary N) is 1. The van der Waals surface area contributed by atoms with Gasteiger partial charge in [0.05, 0.1) is 10.9 Å². The Kier molecular flexibility index (Phi) is 6.36. The van der Waals surface area contributed by atoms with Gasteiger partial charge in [0.15, 0.2) is 9.84 Å². The van der Waals surface area contributed by atoms with E-state index in [-0.39, 0.29) is 22.8 Å². The van der Waals surface area contributed by atoms with E-state index in [1.165, 1.54) is 6.26 Å². The molecule has 1 aromatic rings. The van der Waals surface area contributed by atoms with Gasteiger partial charge in [0.25, 0.3) is 0 Å². The van der Waals surface area contributed by atoms with Crippen molar-refractivity contribution in [1.82, 2.24) is 5.32 Å². The molecule has 21 heavy (non-hydrogen) atoms. The van der Waals surface area contributed by atoms with Gasteiger partial charge in [0.1, 0.15) is 0 Å². The summed E-state index contributed by atoms with van der Waals surface area (Å²) >= 11 is 0. The van der Waals surface area contributed by atoms with Gasteiger partial charge < -0.3 is 11.1 Å². The van der Waals surface area contributed by atoms with E-state index < -0.39 is 9.84 Å². The molecule has 0 aliphatic carbocycles. The fourth-order valence-corrected chi connectivity index (χ4v) is 2.63. The number of carbonyl (C=O) groups is 1. The summed E-state index contributed by atoms with van der Waals surface area (Å²) in [5, 5.41) is 2.93. The van der Waals surface area contributed by atoms with E-state index in [1.807, 2.05) is 13.8 Å². The first-order valence-corrected chi connectivity index (χ1v) is 8.95. The lowest BCUT2D eigenvalue weighted by Gasteiger charge is -2.18. The Hall–Kier alpha value is -1.40. The van der Waals surface area contributed by atoms with E-state index in [1.54, 1.807) is 24.3 Å². The average Bonchev–Trinajstić information content (AvgIpc) is 2.43. The van der Waals surface area contributed by atoms with E-state index in [9.17, 15) is 13.2 Å². The molecular weight excluding hydrogens is 288 g/mol. The fraction of sp³-hybridized carbons (Fsp3) is 0.533. The minimum absolute atomic E-state index is 0.0110. The van der Waals surface area contributed by atoms with Gasteiger partial charge in [-0.3, -0.25) is 4.79 Å². The van der Waals surface area contributed by atoms with Crippen molar-refractivity contribution in [2.24, 2.45) is 11.7 Å². The Balaban J connectivity index is 2.67. The lowest BCUT2D eigenvalue weighted by Crippen LogP contribution is -2.31. The van der Waals surface area contributed by atoms with E-state index >= 15 is 0 Å². The molecule has 1 rings (SSSR count). The van der Waals surface area contributed by atoms with Gasteiger partial charge in [-0.05, 0) is 44.0 Å². The minimum atomic E-state index is -3.19. The van der Waals surface area contributed by atoms with Crippen LogP contribution in [0.4, 0.5) is 0 Å². The van der Waals surface area contributed by atoms with Gasteiger partial charge in [-0.25, -0.2) is 8.42 Å². The van der Waals surface area contributed by atoms with Crippen LogP contribution in [0.5, 0.6) is 0 Å². The zero-order chi connectivity index (χ0) is 16.0. The van der Waals surface area contributed by atoms with Crippen molar-refractivity contribution in [1.29, 1.82) is 0 Å². The molecule has 118 valence electrons. The summed E-state index contributed by atoms with van der Waals surface area (Å²) in [5.41, 5.74) is 6.31. The SMILES string of the molecule is CC(CCCN)C(=O)NC(C)c1ccc(S(C)(=O)=O)cc1. The molecule has 6 heteroatoms. The number of hydrogen-bond donors (Lipinski definition) is 2. The van der Waals surface area contributed by atoms with Crippen LogP contribution in [0.15, 0.2) is 29.2 Å². The van der Waals surface area contributed by atoms with Crippen LogP contribution in [0, 0.1) is 5.92 Å². The number of nitrogens with one attached hydrogen (secondary N) is 1. The third-order valence-electron chi connectivity index (χ3n) is 3.46. The van der Waals surface area contributed by atoms with Gasteiger partial charge >= 0.3 is 0 Å². The van der Waals surface area contributed by atoms with Crippen molar-refractivity contribution in [3.05, 3.63) is 29.8 Å². The highest BCUT2D eigenvalue weighted by Gasteiger charge is 2.16. The van der Waals surface area contributed by atoms with Crippen LogP contribution < -0.4 is 11.1 Å². The Morgan fingerprint density at radius 2 is 1.81 bits per heavy atom. The van der Waals surface area contributed by atoms with Crippen LogP contribution >= 0.6 is 0 Å². The van der Waals surface area contributed by atoms with Crippen LogP contribution in [0.25, 0.3) is 0 Å². The molecule has 0 bridgehead atoms. The number of sulfone groups is 1. The summed E-state index contributed by atoms with van der Waals surface area (Å²) in [6.07, 6.45) is 2.76. The summed E-state index contributed by atoms with van der Waals surface area (Å²) in [6.45, 7) is 4.34. The summed E-state index contributed by atoms with van der Waals surface area (Å²) in [7, 11) is -3.19. The predicted octanol–water partition coefficient (Wildman–Crippen LogP) is 1.64. The smallest absolute Gasteiger partial charge is 0.223 e. The molecule has 0 radical (unpaired) electrons. The molecule has 0 aliphatic heterocycles. The Labute approximate surface area is 126 Å². The van der Waals surface area contributed by atoms with Crippen LogP contribution in [0.3, 0.4) is 0 Å². The quantitative estimate of drug-likeness (QED) is 0.801. The second-order valence-electron chi connectivity index (χ2n) is 5.40. The van der Waals surface area contributed by atoms with Gasteiger partial charge in [-0.15, -0.1) is 0 Å². The molecule has 0 aromatic heterocycles. The maximum atomic E-state index is 12.0. The first kappa shape index (κ1) is 17.7. The van der Waals surface area contributed by atoms with E-state index in [0.717, 1.165) is 18.4 Å². The van der Waals surface area contributed by atoms with E-state index in [2.05, 4.69) is 5.32 Å². The van der Waals surface area contributed by atoms with Gasteiger partial charge in [-0.1, -0.05) is 19.1 Å². The normalized spacial score (nSPS) is 14.5. The van der Waals surface area contributed by atoms with Crippen molar-refractivity contribution in [3.63, 3.8) is 0 Å². The van der Waals surface area contributed by atoms with Crippen molar-refractivity contribution in [2.75, 3.05) is 12.8 Å². The number of rotatable bonds is 7. The Morgan fingerprint density at radius 1 is 1.24 bits per heavy atom. The zero-order valence-electron chi connectivity index (χ0n) is 12.8. The highest BCUT2D eigenvalue weighted by Crippen LogP contribution is 2.17. The summed E-state index contributed by atoms with van der Waals surface area (Å²) in [4.78, 5) is 12.3. The lowest BCUT2D eigenvalue weighted by molar-refractivity contribution is -0.125. The summed E-state index contributed by atoms with van der Waals surface area (Å²) in [5.74, 6) is -0.0885. The van der Waals surface area contributed by atoms with Crippen molar-refractivity contribution >= 4 is 15.7 Å². The lowest BCUT2D eigenvalue weighted by atomic mass is 10.0. The van der Waals surface area contributed by atoms with Crippen molar-refractivity contribution in [3.8, 4) is 0 Å². The molecule has 2 atom stereocenters. The summed E-state index contributed by atoms with van der Waals surface area (Å²) in [6, 6.07) is 6.42. The molecule has 0 aliphatic rings. The molecular formula is C15H24N2O3S. The molecule has 1 amide bonds. The fourth-order valence-electron chi connectivity index (χ4n) is 2.00. The molecule has 1 aromatic carbocycles. The zero-order valence-corrected chi connectivity index (χ0v) is 13.6. The van der Waals surface area contributed by atoms with Crippen molar-refractivity contribution in [2.45, 2.75) is 37.6 Å². The van der Waals surface area contributed by atoms with Crippen LogP contribution in [-0.2, 0) is 14.6 Å². The average molecular weight is 312 g/mol. The highest BCUT2D eigenvalue weighted by atomic mass is 32.2. The maximum Gasteiger partial charge on any atom is 0.223 e. The number of hydrogen-bond acceptors (Lipinski definition) is 4. The second-order valence-corrected chi connectivity index (χ2v) is 7.42. The molecule has 0 fully saturated rings. The highest BCUT2D eigenvalue weighted by molar-refractivity contribution is 7.90. The molecule has 0 saturated heterocycles. The van der Waals surface area contributed by atoms with Crippen LogP contribution in [0.2, 0.25) is 0 Å². The van der Waals surface area contributed by atoms with Gasteiger partial charge in [-0.2, -0.15) is 0 Å². The molecule has 2 unspecified atom stereocenters. The number of amides is 1. The monoisotopic (exact) mass is 312 g/mol. The summed E-state index contributed by atoms with van der Waals surface area (Å²) < 4.78 is 22.8. The van der Waals surface area contributed by atoms with Crippen LogP contribution in [0.1, 0.15) is 38.3 Å². The topological polar surface area (TPSA) is 89.3 Å². The third-order valence-corrected chi connectivity index (χ3v) is 4.58. The Morgan fingerprint density at radius 3 is 2.29 bits per heavy atom. The molecule has 0 spiro atoms. The van der Waals surface area contributed by atoms with E-state index in [0.29, 0.717) is 6.54 Å². The van der Waals surface area contributed by atoms with Gasteiger partial charge in [0, 0.05) is 12.2 Å². The van der Waals surface area contributed by atoms with E-state index in [4.69, 9.17) is 5.73 Å². The third kappa shape index (κ3) is 5.47. The van der Waals surface area contributed by atoms with Gasteiger partial charge in [0.2, 0.25) is 5.91 Å². The molecule has 0 saturated carbocycles. The van der Waals surface area contributed by atoms with Crippen LogP contribution in [-0.4, -0.2) is 27.1 Å². The predicted molar refractivity (Wildman–Crippen MR) is 83.6 cm³/mol. The largest absolute Gasteiger partial charge is 0.349 e. The standard InChI is InChI=1S/C15H24N2O3S/c1-11(5-4-10-16)15(18)17-12(2)13-6-8-14(9-7-13)21(3,19)20/h6-9,11-12H,4-5,10,16H2,1-3H3,(H,17,18). The second kappa shape index (κ2) is 7.56. The maximum absolute atomic E-state index is 12.0. The first-order chi connectivity index (χ1) is 9.75.